The van der Waals surface area contributed by atoms with Crippen molar-refractivity contribution in [2.24, 2.45) is 23.2 Å². The SMILES string of the molecule is CCNC1CC(C)CCC1C(C)(C)C1CCCCCC1. The lowest BCUT2D eigenvalue weighted by Crippen LogP contribution is -2.49. The summed E-state index contributed by atoms with van der Waals surface area (Å²) in [6, 6.07) is 0.766. The van der Waals surface area contributed by atoms with Crippen LogP contribution in [0.2, 0.25) is 0 Å². The number of hydrogen-bond donors (Lipinski definition) is 1. The molecule has 0 radical (unpaired) electrons. The molecule has 0 aromatic heterocycles. The minimum Gasteiger partial charge on any atom is -0.314 e. The molecular weight excluding hydrogens is 242 g/mol. The van der Waals surface area contributed by atoms with E-state index in [2.05, 4.69) is 33.0 Å². The lowest BCUT2D eigenvalue weighted by atomic mass is 9.60. The van der Waals surface area contributed by atoms with Crippen LogP contribution in [0.3, 0.4) is 0 Å². The van der Waals surface area contributed by atoms with Crippen molar-refractivity contribution in [3.8, 4) is 0 Å². The van der Waals surface area contributed by atoms with Gasteiger partial charge in [0.25, 0.3) is 0 Å². The first kappa shape index (κ1) is 16.3. The third kappa shape index (κ3) is 3.78. The molecule has 3 unspecified atom stereocenters. The Hall–Kier alpha value is -0.0400. The Balaban J connectivity index is 2.08. The van der Waals surface area contributed by atoms with Crippen molar-refractivity contribution in [1.29, 1.82) is 0 Å². The average molecular weight is 280 g/mol. The van der Waals surface area contributed by atoms with Crippen LogP contribution in [0, 0.1) is 23.2 Å². The van der Waals surface area contributed by atoms with Gasteiger partial charge in [0.1, 0.15) is 0 Å². The molecule has 1 heteroatoms. The zero-order valence-corrected chi connectivity index (χ0v) is 14.4. The number of rotatable bonds is 4. The maximum absolute atomic E-state index is 3.83. The summed E-state index contributed by atoms with van der Waals surface area (Å²) >= 11 is 0. The van der Waals surface area contributed by atoms with Gasteiger partial charge < -0.3 is 5.32 Å². The van der Waals surface area contributed by atoms with Crippen molar-refractivity contribution >= 4 is 0 Å². The highest BCUT2D eigenvalue weighted by Crippen LogP contribution is 2.48. The van der Waals surface area contributed by atoms with Crippen molar-refractivity contribution in [3.63, 3.8) is 0 Å². The van der Waals surface area contributed by atoms with E-state index in [0.29, 0.717) is 5.41 Å². The molecule has 2 aliphatic rings. The Morgan fingerprint density at radius 3 is 2.20 bits per heavy atom. The fourth-order valence-corrected chi connectivity index (χ4v) is 5.09. The second-order valence-corrected chi connectivity index (χ2v) is 8.20. The molecule has 2 saturated carbocycles. The molecule has 0 heterocycles. The third-order valence-electron chi connectivity index (χ3n) is 6.44. The topological polar surface area (TPSA) is 12.0 Å². The Morgan fingerprint density at radius 1 is 0.950 bits per heavy atom. The van der Waals surface area contributed by atoms with Crippen LogP contribution in [0.1, 0.15) is 85.5 Å². The fraction of sp³-hybridized carbons (Fsp3) is 1.00. The van der Waals surface area contributed by atoms with Gasteiger partial charge in [0.15, 0.2) is 0 Å². The first-order valence-corrected chi connectivity index (χ1v) is 9.29. The van der Waals surface area contributed by atoms with Crippen LogP contribution in [0.15, 0.2) is 0 Å². The van der Waals surface area contributed by atoms with E-state index in [9.17, 15) is 0 Å². The molecule has 0 aromatic carbocycles. The summed E-state index contributed by atoms with van der Waals surface area (Å²) in [5.74, 6) is 2.77. The minimum absolute atomic E-state index is 0.525. The van der Waals surface area contributed by atoms with Crippen LogP contribution < -0.4 is 5.32 Å². The predicted octanol–water partition coefficient (Wildman–Crippen LogP) is 5.40. The summed E-state index contributed by atoms with van der Waals surface area (Å²) in [5, 5.41) is 3.83. The Kier molecular flexibility index (Phi) is 5.95. The van der Waals surface area contributed by atoms with Crippen molar-refractivity contribution in [1.82, 2.24) is 5.32 Å². The highest BCUT2D eigenvalue weighted by atomic mass is 14.9. The second kappa shape index (κ2) is 7.29. The molecule has 20 heavy (non-hydrogen) atoms. The Bertz CT molecular complexity index is 275. The largest absolute Gasteiger partial charge is 0.314 e. The monoisotopic (exact) mass is 279 g/mol. The van der Waals surface area contributed by atoms with Gasteiger partial charge in [-0.15, -0.1) is 0 Å². The van der Waals surface area contributed by atoms with Crippen LogP contribution in [0.5, 0.6) is 0 Å². The molecule has 0 amide bonds. The Labute approximate surface area is 127 Å². The van der Waals surface area contributed by atoms with Crippen molar-refractivity contribution in [3.05, 3.63) is 0 Å². The molecule has 2 rings (SSSR count). The first-order valence-electron chi connectivity index (χ1n) is 9.29. The molecule has 3 atom stereocenters. The van der Waals surface area contributed by atoms with Gasteiger partial charge in [0.2, 0.25) is 0 Å². The number of hydrogen-bond acceptors (Lipinski definition) is 1. The predicted molar refractivity (Wildman–Crippen MR) is 88.9 cm³/mol. The molecule has 0 aliphatic heterocycles. The van der Waals surface area contributed by atoms with E-state index in [1.807, 2.05) is 0 Å². The molecule has 2 fully saturated rings. The van der Waals surface area contributed by atoms with Crippen LogP contribution in [0.25, 0.3) is 0 Å². The fourth-order valence-electron chi connectivity index (χ4n) is 5.09. The molecule has 1 N–H and O–H groups in total. The number of nitrogens with one attached hydrogen (secondary N) is 1. The second-order valence-electron chi connectivity index (χ2n) is 8.20. The van der Waals surface area contributed by atoms with Crippen LogP contribution in [0.4, 0.5) is 0 Å². The molecule has 0 spiro atoms. The highest BCUT2D eigenvalue weighted by Gasteiger charge is 2.42. The molecule has 118 valence electrons. The van der Waals surface area contributed by atoms with Gasteiger partial charge in [-0.2, -0.15) is 0 Å². The molecule has 0 bridgehead atoms. The maximum Gasteiger partial charge on any atom is 0.0103 e. The van der Waals surface area contributed by atoms with Gasteiger partial charge in [-0.1, -0.05) is 59.8 Å². The van der Waals surface area contributed by atoms with E-state index in [4.69, 9.17) is 0 Å². The van der Waals surface area contributed by atoms with Crippen molar-refractivity contribution in [2.75, 3.05) is 6.54 Å². The highest BCUT2D eigenvalue weighted by molar-refractivity contribution is 4.95. The quantitative estimate of drug-likeness (QED) is 0.680. The summed E-state index contributed by atoms with van der Waals surface area (Å²) < 4.78 is 0. The van der Waals surface area contributed by atoms with Gasteiger partial charge in [-0.25, -0.2) is 0 Å². The molecule has 2 aliphatic carbocycles. The van der Waals surface area contributed by atoms with Gasteiger partial charge >= 0.3 is 0 Å². The van der Waals surface area contributed by atoms with Crippen LogP contribution in [-0.4, -0.2) is 12.6 Å². The summed E-state index contributed by atoms with van der Waals surface area (Å²) in [6.07, 6.45) is 13.2. The van der Waals surface area contributed by atoms with E-state index in [1.165, 1.54) is 57.8 Å². The summed E-state index contributed by atoms with van der Waals surface area (Å²) in [5.41, 5.74) is 0.525. The van der Waals surface area contributed by atoms with E-state index in [0.717, 1.165) is 30.3 Å². The molecule has 0 aromatic rings. The summed E-state index contributed by atoms with van der Waals surface area (Å²) in [7, 11) is 0. The molecule has 0 saturated heterocycles. The van der Waals surface area contributed by atoms with Crippen molar-refractivity contribution in [2.45, 2.75) is 91.5 Å². The van der Waals surface area contributed by atoms with E-state index in [1.54, 1.807) is 0 Å². The standard InChI is InChI=1S/C19H37N/c1-5-20-18-14-15(2)12-13-17(18)19(3,4)16-10-8-6-7-9-11-16/h15-18,20H,5-14H2,1-4H3. The lowest BCUT2D eigenvalue weighted by molar-refractivity contribution is 0.0358. The zero-order valence-electron chi connectivity index (χ0n) is 14.4. The minimum atomic E-state index is 0.525. The van der Waals surface area contributed by atoms with Crippen molar-refractivity contribution < 1.29 is 0 Å². The summed E-state index contributed by atoms with van der Waals surface area (Å²) in [4.78, 5) is 0. The van der Waals surface area contributed by atoms with Gasteiger partial charge in [-0.3, -0.25) is 0 Å². The zero-order chi connectivity index (χ0) is 14.6. The maximum atomic E-state index is 3.83. The Morgan fingerprint density at radius 2 is 1.60 bits per heavy atom. The molecule has 1 nitrogen and oxygen atoms in total. The third-order valence-corrected chi connectivity index (χ3v) is 6.44. The lowest BCUT2D eigenvalue weighted by Gasteiger charge is -2.48. The van der Waals surface area contributed by atoms with Crippen LogP contribution >= 0.6 is 0 Å². The van der Waals surface area contributed by atoms with E-state index < -0.39 is 0 Å². The first-order chi connectivity index (χ1) is 9.55. The van der Waals surface area contributed by atoms with Gasteiger partial charge in [-0.05, 0) is 55.4 Å². The van der Waals surface area contributed by atoms with E-state index in [-0.39, 0.29) is 0 Å². The normalized spacial score (nSPS) is 33.9. The smallest absolute Gasteiger partial charge is 0.0103 e. The van der Waals surface area contributed by atoms with E-state index >= 15 is 0 Å². The van der Waals surface area contributed by atoms with Gasteiger partial charge in [0, 0.05) is 6.04 Å². The van der Waals surface area contributed by atoms with Gasteiger partial charge in [0.05, 0.1) is 0 Å². The molecular formula is C19H37N. The summed E-state index contributed by atoms with van der Waals surface area (Å²) in [6.45, 7) is 11.0. The van der Waals surface area contributed by atoms with Crippen LogP contribution in [-0.2, 0) is 0 Å². The average Bonchev–Trinajstić information content (AvgIpc) is 2.68.